The molecule has 0 bridgehead atoms. The second-order valence-electron chi connectivity index (χ2n) is 8.16. The molecule has 0 aromatic carbocycles. The number of hydrogen-bond donors (Lipinski definition) is 1. The Hall–Kier alpha value is -3.42. The van der Waals surface area contributed by atoms with Gasteiger partial charge in [0.15, 0.2) is 0 Å². The van der Waals surface area contributed by atoms with Crippen LogP contribution in [-0.2, 0) is 4.74 Å². The Labute approximate surface area is 173 Å². The SMILES string of the molecule is COC(=O)Nc1cncc(-n2ccc3cc(C(=O)N4CCC5(CC4)CC5)cnc32)c1. The van der Waals surface area contributed by atoms with Crippen molar-refractivity contribution in [3.8, 4) is 5.69 Å². The van der Waals surface area contributed by atoms with Crippen molar-refractivity contribution in [2.24, 2.45) is 5.41 Å². The number of hydrogen-bond acceptors (Lipinski definition) is 5. The number of carbonyl (C=O) groups is 2. The number of likely N-dealkylation sites (tertiary alicyclic amines) is 1. The van der Waals surface area contributed by atoms with E-state index in [1.54, 1.807) is 24.7 Å². The molecule has 1 aliphatic heterocycles. The lowest BCUT2D eigenvalue weighted by Crippen LogP contribution is -2.39. The molecule has 5 rings (SSSR count). The van der Waals surface area contributed by atoms with E-state index < -0.39 is 6.09 Å². The van der Waals surface area contributed by atoms with Crippen LogP contribution < -0.4 is 5.32 Å². The molecule has 3 aromatic rings. The smallest absolute Gasteiger partial charge is 0.411 e. The second kappa shape index (κ2) is 7.12. The zero-order valence-corrected chi connectivity index (χ0v) is 16.8. The summed E-state index contributed by atoms with van der Waals surface area (Å²) in [5, 5.41) is 3.48. The summed E-state index contributed by atoms with van der Waals surface area (Å²) in [4.78, 5) is 35.1. The molecule has 2 fully saturated rings. The van der Waals surface area contributed by atoms with E-state index >= 15 is 0 Å². The first-order valence-electron chi connectivity index (χ1n) is 10.1. The Morgan fingerprint density at radius 3 is 2.63 bits per heavy atom. The minimum absolute atomic E-state index is 0.0543. The first-order chi connectivity index (χ1) is 14.6. The number of methoxy groups -OCH3 is 1. The minimum Gasteiger partial charge on any atom is -0.453 e. The van der Waals surface area contributed by atoms with Gasteiger partial charge in [0.1, 0.15) is 5.65 Å². The number of aromatic nitrogens is 3. The van der Waals surface area contributed by atoms with Gasteiger partial charge >= 0.3 is 6.09 Å². The molecule has 1 saturated heterocycles. The predicted molar refractivity (Wildman–Crippen MR) is 112 cm³/mol. The Morgan fingerprint density at radius 1 is 1.10 bits per heavy atom. The fourth-order valence-electron chi connectivity index (χ4n) is 4.19. The molecule has 30 heavy (non-hydrogen) atoms. The molecule has 8 nitrogen and oxygen atoms in total. The van der Waals surface area contributed by atoms with Crippen LogP contribution >= 0.6 is 0 Å². The number of ether oxygens (including phenoxy) is 1. The van der Waals surface area contributed by atoms with Gasteiger partial charge in [-0.1, -0.05) is 0 Å². The lowest BCUT2D eigenvalue weighted by atomic mass is 9.93. The van der Waals surface area contributed by atoms with Gasteiger partial charge in [0.25, 0.3) is 5.91 Å². The summed E-state index contributed by atoms with van der Waals surface area (Å²) in [6.07, 6.45) is 11.1. The predicted octanol–water partition coefficient (Wildman–Crippen LogP) is 3.62. The van der Waals surface area contributed by atoms with Crippen LogP contribution in [0, 0.1) is 5.41 Å². The highest BCUT2D eigenvalue weighted by atomic mass is 16.5. The average molecular weight is 405 g/mol. The van der Waals surface area contributed by atoms with Gasteiger partial charge in [0.2, 0.25) is 0 Å². The summed E-state index contributed by atoms with van der Waals surface area (Å²) in [7, 11) is 1.31. The number of rotatable bonds is 3. The fraction of sp³-hybridized carbons (Fsp3) is 0.364. The van der Waals surface area contributed by atoms with Crippen LogP contribution in [0.15, 0.2) is 43.0 Å². The highest BCUT2D eigenvalue weighted by molar-refractivity contribution is 5.97. The van der Waals surface area contributed by atoms with Crippen LogP contribution in [0.1, 0.15) is 36.0 Å². The zero-order valence-electron chi connectivity index (χ0n) is 16.8. The summed E-state index contributed by atoms with van der Waals surface area (Å²) in [6.45, 7) is 1.67. The summed E-state index contributed by atoms with van der Waals surface area (Å²) in [5.74, 6) is 0.0543. The summed E-state index contributed by atoms with van der Waals surface area (Å²) < 4.78 is 6.49. The standard InChI is InChI=1S/C22H23N5O3/c1-30-21(29)25-17-11-18(14-23-13-17)27-7-2-15-10-16(12-24-19(15)27)20(28)26-8-5-22(3-4-22)6-9-26/h2,7,10-14H,3-6,8-9H2,1H3,(H,25,29). The molecule has 0 atom stereocenters. The van der Waals surface area contributed by atoms with Crippen molar-refractivity contribution in [1.29, 1.82) is 0 Å². The molecular formula is C22H23N5O3. The van der Waals surface area contributed by atoms with Gasteiger partial charge in [-0.25, -0.2) is 9.78 Å². The van der Waals surface area contributed by atoms with Gasteiger partial charge in [0.05, 0.1) is 36.4 Å². The van der Waals surface area contributed by atoms with Crippen molar-refractivity contribution >= 4 is 28.7 Å². The van der Waals surface area contributed by atoms with E-state index in [4.69, 9.17) is 0 Å². The maximum atomic E-state index is 12.9. The van der Waals surface area contributed by atoms with Crippen LogP contribution in [0.5, 0.6) is 0 Å². The van der Waals surface area contributed by atoms with Gasteiger partial charge in [-0.2, -0.15) is 0 Å². The number of pyridine rings is 2. The first-order valence-corrected chi connectivity index (χ1v) is 10.1. The highest BCUT2D eigenvalue weighted by Crippen LogP contribution is 2.53. The van der Waals surface area contributed by atoms with Crippen LogP contribution in [0.4, 0.5) is 10.5 Å². The number of nitrogens with one attached hydrogen (secondary N) is 1. The van der Waals surface area contributed by atoms with Gasteiger partial charge in [-0.05, 0) is 49.3 Å². The maximum absolute atomic E-state index is 12.9. The molecule has 1 spiro atoms. The molecule has 2 aliphatic rings. The summed E-state index contributed by atoms with van der Waals surface area (Å²) in [5.41, 5.74) is 3.15. The quantitative estimate of drug-likeness (QED) is 0.719. The topological polar surface area (TPSA) is 89.3 Å². The number of carbonyl (C=O) groups excluding carboxylic acids is 2. The van der Waals surface area contributed by atoms with Gasteiger partial charge in [-0.3, -0.25) is 19.7 Å². The third-order valence-electron chi connectivity index (χ3n) is 6.28. The van der Waals surface area contributed by atoms with Gasteiger partial charge < -0.3 is 9.64 Å². The van der Waals surface area contributed by atoms with Crippen LogP contribution in [0.25, 0.3) is 16.7 Å². The fourth-order valence-corrected chi connectivity index (χ4v) is 4.19. The molecule has 154 valence electrons. The third-order valence-corrected chi connectivity index (χ3v) is 6.28. The van der Waals surface area contributed by atoms with Crippen molar-refractivity contribution in [1.82, 2.24) is 19.4 Å². The molecule has 8 heteroatoms. The molecule has 1 N–H and O–H groups in total. The van der Waals surface area contributed by atoms with Crippen LogP contribution in [-0.4, -0.2) is 51.6 Å². The van der Waals surface area contributed by atoms with Gasteiger partial charge in [0, 0.05) is 30.9 Å². The Bertz CT molecular complexity index is 1120. The van der Waals surface area contributed by atoms with Crippen LogP contribution in [0.2, 0.25) is 0 Å². The third kappa shape index (κ3) is 3.38. The van der Waals surface area contributed by atoms with E-state index in [1.807, 2.05) is 27.8 Å². The lowest BCUT2D eigenvalue weighted by molar-refractivity contribution is 0.0678. The Morgan fingerprint density at radius 2 is 1.90 bits per heavy atom. The van der Waals surface area contributed by atoms with E-state index in [-0.39, 0.29) is 5.91 Å². The minimum atomic E-state index is -0.557. The molecule has 3 aromatic heterocycles. The monoisotopic (exact) mass is 405 g/mol. The number of fused-ring (bicyclic) bond motifs is 1. The van der Waals surface area contributed by atoms with E-state index in [0.29, 0.717) is 16.7 Å². The lowest BCUT2D eigenvalue weighted by Gasteiger charge is -2.32. The molecular weight excluding hydrogens is 382 g/mol. The Kier molecular flexibility index (Phi) is 4.42. The zero-order chi connectivity index (χ0) is 20.7. The number of piperidine rings is 1. The normalized spacial score (nSPS) is 17.2. The van der Waals surface area contributed by atoms with Crippen molar-refractivity contribution in [2.45, 2.75) is 25.7 Å². The summed E-state index contributed by atoms with van der Waals surface area (Å²) >= 11 is 0. The number of amides is 2. The number of nitrogens with zero attached hydrogens (tertiary/aromatic N) is 4. The van der Waals surface area contributed by atoms with Crippen LogP contribution in [0.3, 0.4) is 0 Å². The molecule has 4 heterocycles. The second-order valence-corrected chi connectivity index (χ2v) is 8.16. The van der Waals surface area contributed by atoms with Crippen molar-refractivity contribution in [3.63, 3.8) is 0 Å². The molecule has 1 saturated carbocycles. The van der Waals surface area contributed by atoms with E-state index in [9.17, 15) is 9.59 Å². The largest absolute Gasteiger partial charge is 0.453 e. The Balaban J connectivity index is 1.38. The van der Waals surface area contributed by atoms with Crippen molar-refractivity contribution < 1.29 is 14.3 Å². The molecule has 0 unspecified atom stereocenters. The highest BCUT2D eigenvalue weighted by Gasteiger charge is 2.45. The van der Waals surface area contributed by atoms with E-state index in [1.165, 1.54) is 20.0 Å². The molecule has 2 amide bonds. The summed E-state index contributed by atoms with van der Waals surface area (Å²) in [6, 6.07) is 5.60. The first kappa shape index (κ1) is 18.6. The molecule has 0 radical (unpaired) electrons. The van der Waals surface area contributed by atoms with E-state index in [2.05, 4.69) is 20.0 Å². The number of anilines is 1. The van der Waals surface area contributed by atoms with E-state index in [0.717, 1.165) is 42.7 Å². The van der Waals surface area contributed by atoms with Crippen molar-refractivity contribution in [2.75, 3.05) is 25.5 Å². The van der Waals surface area contributed by atoms with Crippen molar-refractivity contribution in [3.05, 3.63) is 48.5 Å². The maximum Gasteiger partial charge on any atom is 0.411 e. The average Bonchev–Trinajstić information content (AvgIpc) is 3.39. The molecule has 1 aliphatic carbocycles. The van der Waals surface area contributed by atoms with Gasteiger partial charge in [-0.15, -0.1) is 0 Å².